The lowest BCUT2D eigenvalue weighted by atomic mass is 10.2. The Morgan fingerprint density at radius 3 is 2.17 bits per heavy atom. The van der Waals surface area contributed by atoms with Gasteiger partial charge in [0.2, 0.25) is 5.75 Å². The van der Waals surface area contributed by atoms with Crippen molar-refractivity contribution in [3.63, 3.8) is 0 Å². The van der Waals surface area contributed by atoms with Crippen molar-refractivity contribution < 1.29 is 23.0 Å². The highest BCUT2D eigenvalue weighted by Gasteiger charge is 2.13. The molecule has 9 heteroatoms. The molecule has 0 aliphatic rings. The van der Waals surface area contributed by atoms with Crippen LogP contribution >= 0.6 is 11.6 Å². The lowest BCUT2D eigenvalue weighted by molar-refractivity contribution is 0.340. The maximum atomic E-state index is 12.1. The number of ether oxygens (including phenoxy) is 2. The minimum Gasteiger partial charge on any atom is -0.502 e. The van der Waals surface area contributed by atoms with Crippen LogP contribution in [0.5, 0.6) is 17.2 Å². The van der Waals surface area contributed by atoms with E-state index in [2.05, 4.69) is 9.93 Å². The van der Waals surface area contributed by atoms with Crippen molar-refractivity contribution in [2.24, 2.45) is 5.10 Å². The van der Waals surface area contributed by atoms with E-state index in [4.69, 9.17) is 21.1 Å². The van der Waals surface area contributed by atoms with Gasteiger partial charge in [0, 0.05) is 10.6 Å². The number of nitrogens with zero attached hydrogens (tertiary/aromatic N) is 1. The molecule has 0 aliphatic carbocycles. The molecule has 0 fully saturated rings. The molecule has 0 saturated heterocycles. The Kier molecular flexibility index (Phi) is 5.53. The Morgan fingerprint density at radius 2 is 1.67 bits per heavy atom. The molecule has 24 heavy (non-hydrogen) atoms. The van der Waals surface area contributed by atoms with Crippen molar-refractivity contribution in [3.05, 3.63) is 47.0 Å². The largest absolute Gasteiger partial charge is 0.502 e. The van der Waals surface area contributed by atoms with Crippen LogP contribution in [-0.4, -0.2) is 34.0 Å². The van der Waals surface area contributed by atoms with Crippen molar-refractivity contribution in [2.75, 3.05) is 14.2 Å². The Balaban J connectivity index is 2.21. The molecule has 0 radical (unpaired) electrons. The fourth-order valence-electron chi connectivity index (χ4n) is 1.83. The molecule has 0 heterocycles. The van der Waals surface area contributed by atoms with Gasteiger partial charge in [-0.05, 0) is 36.4 Å². The van der Waals surface area contributed by atoms with Crippen LogP contribution in [0.4, 0.5) is 0 Å². The summed E-state index contributed by atoms with van der Waals surface area (Å²) in [6, 6.07) is 8.64. The maximum absolute atomic E-state index is 12.1. The first-order valence-electron chi connectivity index (χ1n) is 6.63. The van der Waals surface area contributed by atoms with Crippen LogP contribution in [0, 0.1) is 0 Å². The zero-order valence-corrected chi connectivity index (χ0v) is 14.4. The number of hydrogen-bond donors (Lipinski definition) is 2. The highest BCUT2D eigenvalue weighted by molar-refractivity contribution is 7.89. The van der Waals surface area contributed by atoms with Gasteiger partial charge in [0.25, 0.3) is 10.0 Å². The van der Waals surface area contributed by atoms with Gasteiger partial charge in [-0.3, -0.25) is 0 Å². The number of halogens is 1. The van der Waals surface area contributed by atoms with Gasteiger partial charge < -0.3 is 14.6 Å². The number of aromatic hydroxyl groups is 1. The summed E-state index contributed by atoms with van der Waals surface area (Å²) >= 11 is 5.73. The summed E-state index contributed by atoms with van der Waals surface area (Å²) in [5.74, 6) is 0.201. The minimum atomic E-state index is -3.81. The molecule has 0 bridgehead atoms. The summed E-state index contributed by atoms with van der Waals surface area (Å²) in [6.45, 7) is 0. The van der Waals surface area contributed by atoms with E-state index in [9.17, 15) is 13.5 Å². The molecule has 0 saturated carbocycles. The van der Waals surface area contributed by atoms with Crippen LogP contribution < -0.4 is 14.3 Å². The highest BCUT2D eigenvalue weighted by Crippen LogP contribution is 2.36. The van der Waals surface area contributed by atoms with E-state index in [1.54, 1.807) is 0 Å². The molecule has 0 unspecified atom stereocenters. The third-order valence-corrected chi connectivity index (χ3v) is 4.50. The van der Waals surface area contributed by atoms with E-state index < -0.39 is 10.0 Å². The molecule has 2 rings (SSSR count). The molecule has 0 aromatic heterocycles. The number of hydrogen-bond acceptors (Lipinski definition) is 6. The topological polar surface area (TPSA) is 97.2 Å². The predicted molar refractivity (Wildman–Crippen MR) is 90.6 cm³/mol. The lowest BCUT2D eigenvalue weighted by Crippen LogP contribution is -2.18. The van der Waals surface area contributed by atoms with Crippen molar-refractivity contribution >= 4 is 27.8 Å². The molecular weight excluding hydrogens is 356 g/mol. The molecule has 0 spiro atoms. The van der Waals surface area contributed by atoms with E-state index in [1.807, 2.05) is 0 Å². The first-order valence-corrected chi connectivity index (χ1v) is 8.49. The smallest absolute Gasteiger partial charge is 0.276 e. The van der Waals surface area contributed by atoms with Gasteiger partial charge >= 0.3 is 0 Å². The quantitative estimate of drug-likeness (QED) is 0.601. The molecule has 128 valence electrons. The van der Waals surface area contributed by atoms with Crippen LogP contribution in [0.1, 0.15) is 5.56 Å². The summed E-state index contributed by atoms with van der Waals surface area (Å²) < 4.78 is 34.2. The maximum Gasteiger partial charge on any atom is 0.276 e. The first kappa shape index (κ1) is 17.9. The normalized spacial score (nSPS) is 11.5. The third kappa shape index (κ3) is 4.09. The van der Waals surface area contributed by atoms with E-state index in [0.717, 1.165) is 0 Å². The van der Waals surface area contributed by atoms with Gasteiger partial charge in [0.15, 0.2) is 11.5 Å². The molecule has 0 atom stereocenters. The SMILES string of the molecule is COc1cc(C=NNS(=O)(=O)c2ccc(Cl)cc2)cc(OC)c1O. The first-order chi connectivity index (χ1) is 11.4. The lowest BCUT2D eigenvalue weighted by Gasteiger charge is -2.09. The summed E-state index contributed by atoms with van der Waals surface area (Å²) in [5, 5.41) is 14.0. The summed E-state index contributed by atoms with van der Waals surface area (Å²) in [6.07, 6.45) is 1.26. The third-order valence-electron chi connectivity index (χ3n) is 3.01. The highest BCUT2D eigenvalue weighted by atomic mass is 35.5. The van der Waals surface area contributed by atoms with E-state index in [-0.39, 0.29) is 22.1 Å². The molecule has 0 amide bonds. The van der Waals surface area contributed by atoms with Crippen molar-refractivity contribution in [3.8, 4) is 17.2 Å². The van der Waals surface area contributed by atoms with Gasteiger partial charge in [-0.25, -0.2) is 4.83 Å². The zero-order chi connectivity index (χ0) is 17.7. The monoisotopic (exact) mass is 370 g/mol. The van der Waals surface area contributed by atoms with E-state index in [1.165, 1.54) is 56.8 Å². The fraction of sp³-hybridized carbons (Fsp3) is 0.133. The predicted octanol–water partition coefficient (Wildman–Crippen LogP) is 2.38. The van der Waals surface area contributed by atoms with Crippen molar-refractivity contribution in [2.45, 2.75) is 4.90 Å². The second-order valence-electron chi connectivity index (χ2n) is 4.58. The van der Waals surface area contributed by atoms with Crippen molar-refractivity contribution in [1.29, 1.82) is 0 Å². The average molecular weight is 371 g/mol. The molecule has 0 aliphatic heterocycles. The zero-order valence-electron chi connectivity index (χ0n) is 12.9. The second kappa shape index (κ2) is 7.41. The van der Waals surface area contributed by atoms with Crippen LogP contribution in [0.15, 0.2) is 46.4 Å². The van der Waals surface area contributed by atoms with Crippen LogP contribution in [0.2, 0.25) is 5.02 Å². The Morgan fingerprint density at radius 1 is 1.12 bits per heavy atom. The second-order valence-corrected chi connectivity index (χ2v) is 6.68. The van der Waals surface area contributed by atoms with E-state index >= 15 is 0 Å². The van der Waals surface area contributed by atoms with Crippen LogP contribution in [-0.2, 0) is 10.0 Å². The summed E-state index contributed by atoms with van der Waals surface area (Å²) in [7, 11) is -1.03. The number of phenolic OH excluding ortho intramolecular Hbond substituents is 1. The molecule has 2 N–H and O–H groups in total. The van der Waals surface area contributed by atoms with Gasteiger partial charge in [-0.2, -0.15) is 13.5 Å². The van der Waals surface area contributed by atoms with Gasteiger partial charge in [0.1, 0.15) is 0 Å². The number of methoxy groups -OCH3 is 2. The molecular formula is C15H15ClN2O5S. The Bertz CT molecular complexity index is 826. The van der Waals surface area contributed by atoms with Crippen molar-refractivity contribution in [1.82, 2.24) is 4.83 Å². The Hall–Kier alpha value is -2.45. The summed E-state index contributed by atoms with van der Waals surface area (Å²) in [5.41, 5.74) is 0.473. The molecule has 7 nitrogen and oxygen atoms in total. The average Bonchev–Trinajstić information content (AvgIpc) is 2.56. The van der Waals surface area contributed by atoms with Gasteiger partial charge in [0.05, 0.1) is 25.3 Å². The Labute approximate surface area is 144 Å². The number of rotatable bonds is 6. The number of nitrogens with one attached hydrogen (secondary N) is 1. The summed E-state index contributed by atoms with van der Waals surface area (Å²) in [4.78, 5) is 2.12. The minimum absolute atomic E-state index is 0.0323. The van der Waals surface area contributed by atoms with Gasteiger partial charge in [-0.1, -0.05) is 11.6 Å². The number of benzene rings is 2. The van der Waals surface area contributed by atoms with E-state index in [0.29, 0.717) is 10.6 Å². The van der Waals surface area contributed by atoms with Crippen LogP contribution in [0.3, 0.4) is 0 Å². The number of hydrazone groups is 1. The standard InChI is InChI=1S/C15H15ClN2O5S/c1-22-13-7-10(8-14(23-2)15(13)19)9-17-18-24(20,21)12-5-3-11(16)4-6-12/h3-9,18-19H,1-2H3. The van der Waals surface area contributed by atoms with Gasteiger partial charge in [-0.15, -0.1) is 0 Å². The fourth-order valence-corrected chi connectivity index (χ4v) is 2.74. The number of phenols is 1. The van der Waals surface area contributed by atoms with Crippen LogP contribution in [0.25, 0.3) is 0 Å². The molecule has 2 aromatic rings. The molecule has 2 aromatic carbocycles. The number of sulfonamides is 1.